The van der Waals surface area contributed by atoms with Crippen LogP contribution in [0.3, 0.4) is 0 Å². The monoisotopic (exact) mass is 511 g/mol. The van der Waals surface area contributed by atoms with E-state index in [-0.39, 0.29) is 19.0 Å². The zero-order chi connectivity index (χ0) is 23.7. The Labute approximate surface area is 199 Å². The van der Waals surface area contributed by atoms with Crippen LogP contribution >= 0.6 is 15.9 Å². The van der Waals surface area contributed by atoms with Gasteiger partial charge in [-0.3, -0.25) is 4.79 Å². The van der Waals surface area contributed by atoms with Crippen molar-refractivity contribution in [1.29, 1.82) is 0 Å². The highest BCUT2D eigenvalue weighted by molar-refractivity contribution is 9.10. The Kier molecular flexibility index (Phi) is 6.37. The number of ketones is 1. The lowest BCUT2D eigenvalue weighted by atomic mass is 9.80. The Morgan fingerprint density at radius 2 is 1.85 bits per heavy atom. The summed E-state index contributed by atoms with van der Waals surface area (Å²) < 4.78 is 16.1. The molecule has 1 heterocycles. The predicted octanol–water partition coefficient (Wildman–Crippen LogP) is 4.13. The summed E-state index contributed by atoms with van der Waals surface area (Å²) in [5, 5.41) is 3.25. The van der Waals surface area contributed by atoms with Gasteiger partial charge < -0.3 is 19.5 Å². The minimum atomic E-state index is -0.635. The highest BCUT2D eigenvalue weighted by atomic mass is 79.9. The number of dihydropyridines is 1. The molecule has 0 saturated carbocycles. The number of esters is 2. The lowest BCUT2D eigenvalue weighted by Gasteiger charge is -2.29. The van der Waals surface area contributed by atoms with Gasteiger partial charge in [0.05, 0.1) is 29.5 Å². The molecular weight excluding hydrogens is 490 g/mol. The first-order chi connectivity index (χ1) is 15.9. The largest absolute Gasteiger partial charge is 0.481 e. The highest BCUT2D eigenvalue weighted by Crippen LogP contribution is 2.47. The van der Waals surface area contributed by atoms with Gasteiger partial charge in [-0.05, 0) is 47.5 Å². The van der Waals surface area contributed by atoms with Crippen molar-refractivity contribution in [2.75, 3.05) is 20.3 Å². The number of benzene rings is 2. The molecule has 0 radical (unpaired) electrons. The standard InChI is InChI=1S/C25H22BrNO6/c1-4-32-19(28)12-33-18-10-9-14(11-17(18)26)21-20(25(30)31-3)13(2)27-23-15-7-5-6-8-16(15)24(29)22(21)23/h5-11,21,27H,4,12H2,1-3H3/t21-/m1/s1. The summed E-state index contributed by atoms with van der Waals surface area (Å²) in [7, 11) is 1.32. The smallest absolute Gasteiger partial charge is 0.344 e. The quantitative estimate of drug-likeness (QED) is 0.582. The average molecular weight is 512 g/mol. The number of nitrogens with one attached hydrogen (secondary N) is 1. The summed E-state index contributed by atoms with van der Waals surface area (Å²) in [4.78, 5) is 37.8. The van der Waals surface area contributed by atoms with E-state index < -0.39 is 17.9 Å². The van der Waals surface area contributed by atoms with Crippen molar-refractivity contribution < 1.29 is 28.6 Å². The fourth-order valence-corrected chi connectivity index (χ4v) is 4.71. The number of carbonyl (C=O) groups excluding carboxylic acids is 3. The molecular formula is C25H22BrNO6. The van der Waals surface area contributed by atoms with Crippen LogP contribution in [0.2, 0.25) is 0 Å². The molecule has 2 aromatic rings. The zero-order valence-electron chi connectivity index (χ0n) is 18.4. The number of allylic oxidation sites excluding steroid dienone is 2. The molecule has 0 spiro atoms. The fourth-order valence-electron chi connectivity index (χ4n) is 4.20. The molecule has 1 aliphatic heterocycles. The molecule has 0 unspecified atom stereocenters. The van der Waals surface area contributed by atoms with E-state index in [2.05, 4.69) is 21.2 Å². The fraction of sp³-hybridized carbons (Fsp3) is 0.240. The number of rotatable bonds is 6. The van der Waals surface area contributed by atoms with Crippen molar-refractivity contribution in [2.24, 2.45) is 0 Å². The first-order valence-corrected chi connectivity index (χ1v) is 11.2. The highest BCUT2D eigenvalue weighted by Gasteiger charge is 2.42. The van der Waals surface area contributed by atoms with Crippen LogP contribution in [0.4, 0.5) is 0 Å². The molecule has 0 aromatic heterocycles. The molecule has 1 atom stereocenters. The predicted molar refractivity (Wildman–Crippen MR) is 125 cm³/mol. The minimum Gasteiger partial charge on any atom is -0.481 e. The van der Waals surface area contributed by atoms with E-state index in [1.165, 1.54) is 7.11 Å². The van der Waals surface area contributed by atoms with E-state index in [9.17, 15) is 14.4 Å². The summed E-state index contributed by atoms with van der Waals surface area (Å²) >= 11 is 3.48. The van der Waals surface area contributed by atoms with Gasteiger partial charge >= 0.3 is 11.9 Å². The van der Waals surface area contributed by atoms with Gasteiger partial charge in [0.2, 0.25) is 0 Å². The van der Waals surface area contributed by atoms with Crippen LogP contribution in [0.15, 0.2) is 63.8 Å². The van der Waals surface area contributed by atoms with Crippen LogP contribution in [-0.4, -0.2) is 38.0 Å². The molecule has 0 fully saturated rings. The normalized spacial score (nSPS) is 16.7. The van der Waals surface area contributed by atoms with Gasteiger partial charge in [0, 0.05) is 28.3 Å². The number of Topliss-reactive ketones (excluding diaryl/α,β-unsaturated/α-hetero) is 1. The van der Waals surface area contributed by atoms with Crippen molar-refractivity contribution >= 4 is 39.3 Å². The van der Waals surface area contributed by atoms with Gasteiger partial charge in [-0.1, -0.05) is 30.3 Å². The van der Waals surface area contributed by atoms with Crippen molar-refractivity contribution in [3.8, 4) is 5.75 Å². The van der Waals surface area contributed by atoms with Gasteiger partial charge in [0.15, 0.2) is 12.4 Å². The third kappa shape index (κ3) is 4.06. The number of hydrogen-bond donors (Lipinski definition) is 1. The Morgan fingerprint density at radius 1 is 1.12 bits per heavy atom. The maximum absolute atomic E-state index is 13.4. The number of methoxy groups -OCH3 is 1. The van der Waals surface area contributed by atoms with Crippen LogP contribution in [0.25, 0.3) is 5.70 Å². The molecule has 33 heavy (non-hydrogen) atoms. The van der Waals surface area contributed by atoms with Crippen molar-refractivity contribution in [2.45, 2.75) is 19.8 Å². The minimum absolute atomic E-state index is 0.134. The Balaban J connectivity index is 1.77. The maximum Gasteiger partial charge on any atom is 0.344 e. The topological polar surface area (TPSA) is 90.9 Å². The molecule has 170 valence electrons. The second kappa shape index (κ2) is 9.23. The Bertz CT molecular complexity index is 1230. The van der Waals surface area contributed by atoms with E-state index in [1.807, 2.05) is 18.2 Å². The third-order valence-electron chi connectivity index (χ3n) is 5.59. The molecule has 0 saturated heterocycles. The lowest BCUT2D eigenvalue weighted by molar-refractivity contribution is -0.145. The van der Waals surface area contributed by atoms with E-state index >= 15 is 0 Å². The number of carbonyl (C=O) groups is 3. The van der Waals surface area contributed by atoms with Gasteiger partial charge in [-0.2, -0.15) is 0 Å². The van der Waals surface area contributed by atoms with Gasteiger partial charge in [0.25, 0.3) is 0 Å². The van der Waals surface area contributed by atoms with Crippen LogP contribution in [0, 0.1) is 0 Å². The summed E-state index contributed by atoms with van der Waals surface area (Å²) in [6, 6.07) is 12.6. The molecule has 7 nitrogen and oxygen atoms in total. The van der Waals surface area contributed by atoms with Gasteiger partial charge in [-0.15, -0.1) is 0 Å². The second-order valence-electron chi connectivity index (χ2n) is 7.54. The molecule has 1 N–H and O–H groups in total. The van der Waals surface area contributed by atoms with Crippen LogP contribution < -0.4 is 10.1 Å². The first-order valence-electron chi connectivity index (χ1n) is 10.4. The average Bonchev–Trinajstić information content (AvgIpc) is 3.09. The summed E-state index contributed by atoms with van der Waals surface area (Å²) in [5.41, 5.74) is 4.28. The summed E-state index contributed by atoms with van der Waals surface area (Å²) in [6.07, 6.45) is 0. The summed E-state index contributed by atoms with van der Waals surface area (Å²) in [6.45, 7) is 3.56. The van der Waals surface area contributed by atoms with Crippen molar-refractivity contribution in [3.63, 3.8) is 0 Å². The van der Waals surface area contributed by atoms with Crippen molar-refractivity contribution in [3.05, 3.63) is 80.5 Å². The number of ether oxygens (including phenoxy) is 3. The van der Waals surface area contributed by atoms with Gasteiger partial charge in [0.1, 0.15) is 5.75 Å². The van der Waals surface area contributed by atoms with E-state index in [0.29, 0.717) is 43.9 Å². The molecule has 2 aliphatic rings. The van der Waals surface area contributed by atoms with E-state index in [1.54, 1.807) is 38.1 Å². The third-order valence-corrected chi connectivity index (χ3v) is 6.21. The Hall–Kier alpha value is -3.39. The molecule has 4 rings (SSSR count). The zero-order valence-corrected chi connectivity index (χ0v) is 19.9. The van der Waals surface area contributed by atoms with Crippen LogP contribution in [0.5, 0.6) is 5.75 Å². The van der Waals surface area contributed by atoms with Crippen LogP contribution in [-0.2, 0) is 19.1 Å². The number of halogens is 1. The molecule has 0 amide bonds. The molecule has 1 aliphatic carbocycles. The maximum atomic E-state index is 13.4. The van der Waals surface area contributed by atoms with Crippen LogP contribution in [0.1, 0.15) is 41.3 Å². The number of hydrogen-bond acceptors (Lipinski definition) is 7. The molecule has 8 heteroatoms. The number of fused-ring (bicyclic) bond motifs is 2. The Morgan fingerprint density at radius 3 is 2.52 bits per heavy atom. The lowest BCUT2D eigenvalue weighted by Crippen LogP contribution is -2.29. The second-order valence-corrected chi connectivity index (χ2v) is 8.39. The van der Waals surface area contributed by atoms with E-state index in [4.69, 9.17) is 14.2 Å². The SMILES string of the molecule is CCOC(=O)COc1ccc([C@@H]2C(C(=O)OC)=C(C)NC3=C2C(=O)c2ccccc23)cc1Br. The van der Waals surface area contributed by atoms with E-state index in [0.717, 1.165) is 5.56 Å². The summed E-state index contributed by atoms with van der Waals surface area (Å²) in [5.74, 6) is -1.31. The molecule has 0 bridgehead atoms. The van der Waals surface area contributed by atoms with Crippen molar-refractivity contribution in [1.82, 2.24) is 5.32 Å². The first kappa shape index (κ1) is 22.8. The van der Waals surface area contributed by atoms with Gasteiger partial charge in [-0.25, -0.2) is 9.59 Å². The molecule has 2 aromatic carbocycles.